The maximum Gasteiger partial charge on any atom is 0.0748 e. The number of alkyl halides is 5. The predicted octanol–water partition coefficient (Wildman–Crippen LogP) is 2.87. The molecule has 3 nitrogen and oxygen atoms in total. The van der Waals surface area contributed by atoms with Crippen molar-refractivity contribution >= 4 is 58.0 Å². The van der Waals surface area contributed by atoms with Crippen LogP contribution in [0.5, 0.6) is 0 Å². The zero-order chi connectivity index (χ0) is 13.1. The van der Waals surface area contributed by atoms with E-state index in [0.717, 1.165) is 26.2 Å². The molecule has 0 spiro atoms. The molecule has 0 bridgehead atoms. The van der Waals surface area contributed by atoms with E-state index in [-0.39, 0.29) is 0 Å². The molecule has 0 atom stereocenters. The van der Waals surface area contributed by atoms with Crippen molar-refractivity contribution in [2.45, 2.75) is 0 Å². The third kappa shape index (κ3) is 8.95. The van der Waals surface area contributed by atoms with Gasteiger partial charge in [0.1, 0.15) is 0 Å². The second-order valence-electron chi connectivity index (χ2n) is 3.50. The summed E-state index contributed by atoms with van der Waals surface area (Å²) < 4.78 is 0. The zero-order valence-electron chi connectivity index (χ0n) is 9.60. The number of halogens is 5. The maximum absolute atomic E-state index is 5.86. The Hall–Kier alpha value is 1.33. The van der Waals surface area contributed by atoms with Crippen LogP contribution in [0.2, 0.25) is 0 Å². The minimum Gasteiger partial charge on any atom is -0.287 e. The van der Waals surface area contributed by atoms with Gasteiger partial charge in [-0.3, -0.25) is 14.7 Å². The molecule has 0 saturated heterocycles. The van der Waals surface area contributed by atoms with Crippen LogP contribution < -0.4 is 0 Å². The van der Waals surface area contributed by atoms with Gasteiger partial charge in [-0.05, 0) is 0 Å². The van der Waals surface area contributed by atoms with Gasteiger partial charge >= 0.3 is 0 Å². The quantitative estimate of drug-likeness (QED) is 0.421. The molecular weight excluding hydrogens is 327 g/mol. The van der Waals surface area contributed by atoms with Gasteiger partial charge in [-0.25, -0.2) is 0 Å². The van der Waals surface area contributed by atoms with Crippen molar-refractivity contribution in [3.8, 4) is 0 Å². The Morgan fingerprint density at radius 1 is 0.412 bits per heavy atom. The highest BCUT2D eigenvalue weighted by Crippen LogP contribution is 2.00. The average Bonchev–Trinajstić information content (AvgIpc) is 2.38. The SMILES string of the molecule is ClCN(CCl)CCN(CCl)CCN(CCl)CCl. The van der Waals surface area contributed by atoms with E-state index in [1.165, 1.54) is 0 Å². The topological polar surface area (TPSA) is 9.72 Å². The summed E-state index contributed by atoms with van der Waals surface area (Å²) >= 11 is 28.7. The third-order valence-electron chi connectivity index (χ3n) is 2.31. The first-order valence-electron chi connectivity index (χ1n) is 5.18. The molecule has 104 valence electrons. The Bertz CT molecular complexity index is 151. The lowest BCUT2D eigenvalue weighted by Crippen LogP contribution is -2.38. The lowest BCUT2D eigenvalue weighted by Gasteiger charge is -2.25. The van der Waals surface area contributed by atoms with Gasteiger partial charge in [0.05, 0.1) is 30.0 Å². The van der Waals surface area contributed by atoms with Gasteiger partial charge in [0.2, 0.25) is 0 Å². The number of hydrogen-bond donors (Lipinski definition) is 0. The number of rotatable bonds is 11. The first kappa shape index (κ1) is 18.3. The summed E-state index contributed by atoms with van der Waals surface area (Å²) in [4.78, 5) is 5.94. The molecule has 8 heteroatoms. The van der Waals surface area contributed by atoms with Crippen LogP contribution in [0.25, 0.3) is 0 Å². The standard InChI is InChI=1S/C9H18Cl5N3/c10-5-15(1-3-16(6-11)7-12)2-4-17(8-13)9-14/h1-9H2. The highest BCUT2D eigenvalue weighted by molar-refractivity contribution is 6.20. The molecule has 0 N–H and O–H groups in total. The normalized spacial score (nSPS) is 12.0. The molecule has 17 heavy (non-hydrogen) atoms. The Morgan fingerprint density at radius 2 is 0.647 bits per heavy atom. The summed E-state index contributed by atoms with van der Waals surface area (Å²) in [6.07, 6.45) is 0. The minimum absolute atomic E-state index is 0.426. The first-order chi connectivity index (χ1) is 8.21. The fourth-order valence-electron chi connectivity index (χ4n) is 1.10. The van der Waals surface area contributed by atoms with E-state index in [9.17, 15) is 0 Å². The molecule has 0 unspecified atom stereocenters. The summed E-state index contributed by atoms with van der Waals surface area (Å²) in [6, 6.07) is 2.17. The molecule has 0 fully saturated rings. The van der Waals surface area contributed by atoms with Crippen LogP contribution in [-0.2, 0) is 0 Å². The number of hydrogen-bond acceptors (Lipinski definition) is 3. The third-order valence-corrected chi connectivity index (χ3v) is 4.00. The molecule has 0 aliphatic rings. The van der Waals surface area contributed by atoms with Crippen LogP contribution in [0.4, 0.5) is 0 Å². The van der Waals surface area contributed by atoms with E-state index in [4.69, 9.17) is 58.0 Å². The monoisotopic (exact) mass is 343 g/mol. The second-order valence-corrected chi connectivity index (χ2v) is 4.70. The predicted molar refractivity (Wildman–Crippen MR) is 78.6 cm³/mol. The van der Waals surface area contributed by atoms with Gasteiger partial charge in [-0.15, -0.1) is 58.0 Å². The molecule has 0 rings (SSSR count). The highest BCUT2D eigenvalue weighted by Gasteiger charge is 2.09. The summed E-state index contributed by atoms with van der Waals surface area (Å²) in [6.45, 7) is 3.23. The van der Waals surface area contributed by atoms with E-state index in [2.05, 4.69) is 4.90 Å². The first-order valence-corrected chi connectivity index (χ1v) is 7.85. The van der Waals surface area contributed by atoms with E-state index in [1.54, 1.807) is 0 Å². The van der Waals surface area contributed by atoms with Crippen molar-refractivity contribution in [3.05, 3.63) is 0 Å². The van der Waals surface area contributed by atoms with Crippen LogP contribution in [0, 0.1) is 0 Å². The minimum atomic E-state index is 0.426. The van der Waals surface area contributed by atoms with E-state index < -0.39 is 0 Å². The van der Waals surface area contributed by atoms with Crippen LogP contribution >= 0.6 is 58.0 Å². The Kier molecular flexibility index (Phi) is 13.3. The van der Waals surface area contributed by atoms with Gasteiger partial charge in [-0.2, -0.15) is 0 Å². The van der Waals surface area contributed by atoms with E-state index >= 15 is 0 Å². The van der Waals surface area contributed by atoms with Gasteiger partial charge in [0.25, 0.3) is 0 Å². The smallest absolute Gasteiger partial charge is 0.0748 e. The molecule has 0 heterocycles. The molecule has 0 amide bonds. The highest BCUT2D eigenvalue weighted by atomic mass is 35.5. The molecule has 0 aromatic rings. The molecular formula is C9H18Cl5N3. The zero-order valence-corrected chi connectivity index (χ0v) is 13.4. The largest absolute Gasteiger partial charge is 0.287 e. The fraction of sp³-hybridized carbons (Fsp3) is 1.00. The molecule has 0 aliphatic carbocycles. The van der Waals surface area contributed by atoms with Crippen LogP contribution in [0.1, 0.15) is 0 Å². The van der Waals surface area contributed by atoms with Gasteiger partial charge in [0.15, 0.2) is 0 Å². The lowest BCUT2D eigenvalue weighted by molar-refractivity contribution is 0.231. The Morgan fingerprint density at radius 3 is 0.882 bits per heavy atom. The van der Waals surface area contributed by atoms with Crippen molar-refractivity contribution in [2.75, 3.05) is 56.2 Å². The van der Waals surface area contributed by atoms with Crippen molar-refractivity contribution in [1.82, 2.24) is 14.7 Å². The van der Waals surface area contributed by atoms with Crippen LogP contribution in [0.15, 0.2) is 0 Å². The fourth-order valence-corrected chi connectivity index (χ4v) is 2.33. The summed E-state index contributed by atoms with van der Waals surface area (Å²) in [5.74, 6) is 0. The second kappa shape index (κ2) is 12.4. The molecule has 0 saturated carbocycles. The molecule has 0 radical (unpaired) electrons. The lowest BCUT2D eigenvalue weighted by atomic mass is 10.4. The van der Waals surface area contributed by atoms with Crippen molar-refractivity contribution < 1.29 is 0 Å². The summed E-state index contributed by atoms with van der Waals surface area (Å²) in [7, 11) is 0. The van der Waals surface area contributed by atoms with E-state index in [1.807, 2.05) is 9.80 Å². The average molecular weight is 346 g/mol. The van der Waals surface area contributed by atoms with Crippen LogP contribution in [-0.4, -0.2) is 70.9 Å². The summed E-state index contributed by atoms with van der Waals surface area (Å²) in [5.41, 5.74) is 0. The van der Waals surface area contributed by atoms with Gasteiger partial charge < -0.3 is 0 Å². The van der Waals surface area contributed by atoms with Crippen molar-refractivity contribution in [1.29, 1.82) is 0 Å². The molecule has 0 aromatic carbocycles. The van der Waals surface area contributed by atoms with Crippen molar-refractivity contribution in [2.24, 2.45) is 0 Å². The molecule has 0 aliphatic heterocycles. The maximum atomic E-state index is 5.86. The van der Waals surface area contributed by atoms with E-state index in [0.29, 0.717) is 30.0 Å². The van der Waals surface area contributed by atoms with Gasteiger partial charge in [-0.1, -0.05) is 0 Å². The number of nitrogens with zero attached hydrogens (tertiary/aromatic N) is 3. The summed E-state index contributed by atoms with van der Waals surface area (Å²) in [5, 5.41) is 0. The molecule has 0 aromatic heterocycles. The van der Waals surface area contributed by atoms with Gasteiger partial charge in [0, 0.05) is 26.2 Å². The Balaban J connectivity index is 3.82. The van der Waals surface area contributed by atoms with Crippen LogP contribution in [0.3, 0.4) is 0 Å². The van der Waals surface area contributed by atoms with Crippen molar-refractivity contribution in [3.63, 3.8) is 0 Å². The Labute approximate surface area is 128 Å².